The van der Waals surface area contributed by atoms with E-state index in [9.17, 15) is 0 Å². The zero-order valence-corrected chi connectivity index (χ0v) is 12.5. The summed E-state index contributed by atoms with van der Waals surface area (Å²) in [4.78, 5) is 11.0. The summed E-state index contributed by atoms with van der Waals surface area (Å²) in [5.41, 5.74) is 1.17. The van der Waals surface area contributed by atoms with E-state index in [1.54, 1.807) is 6.33 Å². The normalized spacial score (nSPS) is 10.8. The van der Waals surface area contributed by atoms with Gasteiger partial charge in [-0.05, 0) is 26.7 Å². The van der Waals surface area contributed by atoms with Crippen LogP contribution in [-0.4, -0.2) is 41.3 Å². The number of nitrogens with zero attached hydrogens (tertiary/aromatic N) is 3. The highest BCUT2D eigenvalue weighted by atomic mass is 16.3. The van der Waals surface area contributed by atoms with Gasteiger partial charge in [0.15, 0.2) is 0 Å². The molecule has 0 radical (unpaired) electrons. The predicted molar refractivity (Wildman–Crippen MR) is 79.8 cm³/mol. The van der Waals surface area contributed by atoms with Crippen LogP contribution in [0.15, 0.2) is 6.33 Å². The van der Waals surface area contributed by atoms with Gasteiger partial charge in [0.1, 0.15) is 18.0 Å². The van der Waals surface area contributed by atoms with Crippen LogP contribution >= 0.6 is 0 Å². The second-order valence-corrected chi connectivity index (χ2v) is 4.89. The lowest BCUT2D eigenvalue weighted by Gasteiger charge is -2.30. The second-order valence-electron chi connectivity index (χ2n) is 4.89. The van der Waals surface area contributed by atoms with E-state index in [0.717, 1.165) is 37.4 Å². The van der Waals surface area contributed by atoms with E-state index in [2.05, 4.69) is 41.0 Å². The number of aromatic nitrogens is 2. The third kappa shape index (κ3) is 4.06. The SMILES string of the molecule is CCCc1c(NC)ncnc1N(CCCO)C(C)C. The molecule has 0 aliphatic rings. The molecule has 2 N–H and O–H groups in total. The van der Waals surface area contributed by atoms with Crippen LogP contribution in [0.25, 0.3) is 0 Å². The zero-order chi connectivity index (χ0) is 14.3. The molecule has 0 saturated heterocycles. The fraction of sp³-hybridized carbons (Fsp3) is 0.714. The number of rotatable bonds is 8. The minimum atomic E-state index is 0.205. The molecule has 0 aromatic carbocycles. The van der Waals surface area contributed by atoms with Crippen LogP contribution in [0.1, 0.15) is 39.2 Å². The molecule has 0 atom stereocenters. The van der Waals surface area contributed by atoms with Gasteiger partial charge in [0.2, 0.25) is 0 Å². The van der Waals surface area contributed by atoms with Gasteiger partial charge < -0.3 is 15.3 Å². The van der Waals surface area contributed by atoms with E-state index in [1.807, 2.05) is 7.05 Å². The maximum Gasteiger partial charge on any atom is 0.137 e. The third-order valence-corrected chi connectivity index (χ3v) is 3.11. The third-order valence-electron chi connectivity index (χ3n) is 3.11. The van der Waals surface area contributed by atoms with E-state index >= 15 is 0 Å². The van der Waals surface area contributed by atoms with Crippen LogP contribution in [0.5, 0.6) is 0 Å². The number of aliphatic hydroxyl groups excluding tert-OH is 1. The van der Waals surface area contributed by atoms with E-state index in [4.69, 9.17) is 5.11 Å². The Labute approximate surface area is 116 Å². The minimum absolute atomic E-state index is 0.205. The van der Waals surface area contributed by atoms with Gasteiger partial charge in [-0.15, -0.1) is 0 Å². The second kappa shape index (κ2) is 7.94. The first-order chi connectivity index (χ1) is 9.15. The Morgan fingerprint density at radius 2 is 2.11 bits per heavy atom. The highest BCUT2D eigenvalue weighted by Gasteiger charge is 2.18. The highest BCUT2D eigenvalue weighted by molar-refractivity contribution is 5.59. The molecule has 1 aromatic rings. The zero-order valence-electron chi connectivity index (χ0n) is 12.5. The van der Waals surface area contributed by atoms with Crippen LogP contribution in [0.2, 0.25) is 0 Å². The molecule has 0 fully saturated rings. The number of hydrogen-bond acceptors (Lipinski definition) is 5. The maximum absolute atomic E-state index is 9.05. The molecule has 1 rings (SSSR count). The van der Waals surface area contributed by atoms with Gasteiger partial charge in [0.25, 0.3) is 0 Å². The Balaban J connectivity index is 3.12. The smallest absolute Gasteiger partial charge is 0.137 e. The van der Waals surface area contributed by atoms with Crippen molar-refractivity contribution in [3.8, 4) is 0 Å². The molecule has 19 heavy (non-hydrogen) atoms. The minimum Gasteiger partial charge on any atom is -0.396 e. The average molecular weight is 266 g/mol. The molecule has 0 spiro atoms. The van der Waals surface area contributed by atoms with Crippen molar-refractivity contribution in [1.82, 2.24) is 9.97 Å². The van der Waals surface area contributed by atoms with Gasteiger partial charge in [-0.25, -0.2) is 9.97 Å². The molecular weight excluding hydrogens is 240 g/mol. The van der Waals surface area contributed by atoms with Gasteiger partial charge in [-0.3, -0.25) is 0 Å². The van der Waals surface area contributed by atoms with Gasteiger partial charge in [0.05, 0.1) is 0 Å². The van der Waals surface area contributed by atoms with Crippen molar-refractivity contribution < 1.29 is 5.11 Å². The standard InChI is InChI=1S/C14H26N4O/c1-5-7-12-13(15-4)16-10-17-14(12)18(11(2)3)8-6-9-19/h10-11,19H,5-9H2,1-4H3,(H,15,16,17). The number of nitrogens with one attached hydrogen (secondary N) is 1. The fourth-order valence-electron chi connectivity index (χ4n) is 2.20. The largest absolute Gasteiger partial charge is 0.396 e. The summed E-state index contributed by atoms with van der Waals surface area (Å²) >= 11 is 0. The molecule has 0 unspecified atom stereocenters. The Morgan fingerprint density at radius 3 is 2.63 bits per heavy atom. The van der Waals surface area contributed by atoms with Crippen molar-refractivity contribution in [3.05, 3.63) is 11.9 Å². The molecule has 108 valence electrons. The molecule has 0 aliphatic carbocycles. The van der Waals surface area contributed by atoms with E-state index in [0.29, 0.717) is 6.04 Å². The number of hydrogen-bond donors (Lipinski definition) is 2. The Morgan fingerprint density at radius 1 is 1.37 bits per heavy atom. The van der Waals surface area contributed by atoms with Crippen LogP contribution in [0.3, 0.4) is 0 Å². The number of aliphatic hydroxyl groups is 1. The van der Waals surface area contributed by atoms with Crippen molar-refractivity contribution in [3.63, 3.8) is 0 Å². The van der Waals surface area contributed by atoms with E-state index in [1.165, 1.54) is 5.56 Å². The lowest BCUT2D eigenvalue weighted by atomic mass is 10.1. The van der Waals surface area contributed by atoms with Gasteiger partial charge in [-0.2, -0.15) is 0 Å². The molecule has 5 heteroatoms. The monoisotopic (exact) mass is 266 g/mol. The first-order valence-electron chi connectivity index (χ1n) is 7.04. The van der Waals surface area contributed by atoms with Crippen molar-refractivity contribution in [2.24, 2.45) is 0 Å². The molecule has 0 bridgehead atoms. The lowest BCUT2D eigenvalue weighted by molar-refractivity contribution is 0.288. The maximum atomic E-state index is 9.05. The predicted octanol–water partition coefficient (Wildman–Crippen LogP) is 2.07. The summed E-state index contributed by atoms with van der Waals surface area (Å²) in [5, 5.41) is 12.2. The molecule has 0 saturated carbocycles. The van der Waals surface area contributed by atoms with E-state index in [-0.39, 0.29) is 6.61 Å². The van der Waals surface area contributed by atoms with Crippen molar-refractivity contribution in [2.45, 2.75) is 46.1 Å². The first-order valence-corrected chi connectivity index (χ1v) is 7.04. The summed E-state index contributed by atoms with van der Waals surface area (Å²) in [6.45, 7) is 7.47. The van der Waals surface area contributed by atoms with Crippen molar-refractivity contribution >= 4 is 11.6 Å². The molecule has 1 heterocycles. The summed E-state index contributed by atoms with van der Waals surface area (Å²) in [5.74, 6) is 1.89. The van der Waals surface area contributed by atoms with Crippen LogP contribution < -0.4 is 10.2 Å². The molecule has 1 aromatic heterocycles. The molecular formula is C14H26N4O. The van der Waals surface area contributed by atoms with Crippen molar-refractivity contribution in [1.29, 1.82) is 0 Å². The lowest BCUT2D eigenvalue weighted by Crippen LogP contribution is -2.34. The van der Waals surface area contributed by atoms with Crippen LogP contribution in [0.4, 0.5) is 11.6 Å². The van der Waals surface area contributed by atoms with Crippen molar-refractivity contribution in [2.75, 3.05) is 30.4 Å². The van der Waals surface area contributed by atoms with Gasteiger partial charge >= 0.3 is 0 Å². The van der Waals surface area contributed by atoms with Crippen LogP contribution in [0, 0.1) is 0 Å². The molecule has 0 aliphatic heterocycles. The van der Waals surface area contributed by atoms with Gasteiger partial charge in [0, 0.05) is 31.8 Å². The summed E-state index contributed by atoms with van der Waals surface area (Å²) in [7, 11) is 1.89. The van der Waals surface area contributed by atoms with Gasteiger partial charge in [-0.1, -0.05) is 13.3 Å². The number of anilines is 2. The summed E-state index contributed by atoms with van der Waals surface area (Å²) < 4.78 is 0. The fourth-order valence-corrected chi connectivity index (χ4v) is 2.20. The van der Waals surface area contributed by atoms with E-state index < -0.39 is 0 Å². The highest BCUT2D eigenvalue weighted by Crippen LogP contribution is 2.26. The molecule has 5 nitrogen and oxygen atoms in total. The Kier molecular flexibility index (Phi) is 6.56. The summed E-state index contributed by atoms with van der Waals surface area (Å²) in [6, 6.07) is 0.349. The average Bonchev–Trinajstić information content (AvgIpc) is 2.40. The Bertz CT molecular complexity index is 382. The summed E-state index contributed by atoms with van der Waals surface area (Å²) in [6.07, 6.45) is 4.37. The van der Waals surface area contributed by atoms with Crippen LogP contribution in [-0.2, 0) is 6.42 Å². The first kappa shape index (κ1) is 15.7. The molecule has 0 amide bonds. The topological polar surface area (TPSA) is 61.3 Å². The Hall–Kier alpha value is -1.36. The quantitative estimate of drug-likeness (QED) is 0.754.